The monoisotopic (exact) mass is 340 g/mol. The maximum absolute atomic E-state index is 13.3. The number of benzene rings is 1. The van der Waals surface area contributed by atoms with E-state index in [4.69, 9.17) is 0 Å². The summed E-state index contributed by atoms with van der Waals surface area (Å²) in [5.74, 6) is 0.133. The highest BCUT2D eigenvalue weighted by Gasteiger charge is 2.35. The second-order valence-electron chi connectivity index (χ2n) is 6.53. The molecule has 5 nitrogen and oxygen atoms in total. The smallest absolute Gasteiger partial charge is 0.224 e. The third kappa shape index (κ3) is 3.72. The Morgan fingerprint density at radius 2 is 2.17 bits per heavy atom. The van der Waals surface area contributed by atoms with Crippen LogP contribution in [0.3, 0.4) is 0 Å². The molecular weight excluding hydrogens is 319 g/mol. The summed E-state index contributed by atoms with van der Waals surface area (Å²) in [6.07, 6.45) is 0.994. The van der Waals surface area contributed by atoms with Gasteiger partial charge in [0.1, 0.15) is 5.82 Å². The largest absolute Gasteiger partial charge is 0.329 e. The van der Waals surface area contributed by atoms with Crippen molar-refractivity contribution in [2.75, 3.05) is 31.8 Å². The minimum Gasteiger partial charge on any atom is -0.329 e. The van der Waals surface area contributed by atoms with Crippen LogP contribution in [0.2, 0.25) is 0 Å². The number of hydrogen-bond donors (Lipinski definition) is 0. The van der Waals surface area contributed by atoms with Crippen molar-refractivity contribution in [1.29, 1.82) is 0 Å². The summed E-state index contributed by atoms with van der Waals surface area (Å²) >= 11 is 0. The predicted molar refractivity (Wildman–Crippen MR) is 85.2 cm³/mol. The van der Waals surface area contributed by atoms with Gasteiger partial charge in [0.2, 0.25) is 5.91 Å². The molecule has 2 atom stereocenters. The third-order valence-electron chi connectivity index (χ3n) is 4.76. The first-order chi connectivity index (χ1) is 10.8. The van der Waals surface area contributed by atoms with Crippen LogP contribution in [-0.2, 0) is 14.6 Å². The fourth-order valence-corrected chi connectivity index (χ4v) is 5.21. The average Bonchev–Trinajstić information content (AvgIpc) is 3.02. The number of rotatable bonds is 4. The Balaban J connectivity index is 1.62. The molecule has 0 aromatic heterocycles. The Labute approximate surface area is 136 Å². The second-order valence-corrected chi connectivity index (χ2v) is 8.76. The van der Waals surface area contributed by atoms with E-state index in [9.17, 15) is 17.6 Å². The van der Waals surface area contributed by atoms with Gasteiger partial charge in [-0.05, 0) is 31.2 Å². The minimum absolute atomic E-state index is 0.00101. The van der Waals surface area contributed by atoms with E-state index < -0.39 is 9.84 Å². The van der Waals surface area contributed by atoms with Crippen LogP contribution in [0.4, 0.5) is 4.39 Å². The molecule has 0 spiro atoms. The zero-order valence-electron chi connectivity index (χ0n) is 13.1. The van der Waals surface area contributed by atoms with Gasteiger partial charge in [-0.2, -0.15) is 0 Å². The predicted octanol–water partition coefficient (Wildman–Crippen LogP) is 1.22. The highest BCUT2D eigenvalue weighted by Crippen LogP contribution is 2.29. The van der Waals surface area contributed by atoms with Crippen molar-refractivity contribution in [3.05, 3.63) is 35.6 Å². The third-order valence-corrected chi connectivity index (χ3v) is 6.51. The zero-order valence-corrected chi connectivity index (χ0v) is 13.9. The molecular formula is C16H21FN2O3S. The van der Waals surface area contributed by atoms with Gasteiger partial charge in [-0.3, -0.25) is 9.69 Å². The molecule has 23 heavy (non-hydrogen) atoms. The number of sulfone groups is 1. The standard InChI is InChI=1S/C16H21FN2O3S/c1-18(15-5-6-23(21,22)10-15)11-19-9-13(8-16(19)20)12-3-2-4-14(17)7-12/h2-4,7,13,15H,5-6,8-11H2,1H3/t13-,15-/m0/s1. The molecule has 0 radical (unpaired) electrons. The number of halogens is 1. The van der Waals surface area contributed by atoms with Gasteiger partial charge in [-0.15, -0.1) is 0 Å². The van der Waals surface area contributed by atoms with Crippen LogP contribution in [0.15, 0.2) is 24.3 Å². The van der Waals surface area contributed by atoms with Crippen molar-refractivity contribution in [3.63, 3.8) is 0 Å². The number of hydrogen-bond acceptors (Lipinski definition) is 4. The van der Waals surface area contributed by atoms with E-state index in [1.807, 2.05) is 18.0 Å². The number of nitrogens with zero attached hydrogens (tertiary/aromatic N) is 2. The highest BCUT2D eigenvalue weighted by atomic mass is 32.2. The molecule has 0 N–H and O–H groups in total. The van der Waals surface area contributed by atoms with E-state index in [-0.39, 0.29) is 35.2 Å². The maximum atomic E-state index is 13.3. The molecule has 126 valence electrons. The quantitative estimate of drug-likeness (QED) is 0.827. The van der Waals surface area contributed by atoms with E-state index in [2.05, 4.69) is 0 Å². The lowest BCUT2D eigenvalue weighted by atomic mass is 9.98. The Hall–Kier alpha value is -1.47. The first-order valence-electron chi connectivity index (χ1n) is 7.78. The minimum atomic E-state index is -2.93. The van der Waals surface area contributed by atoms with Crippen LogP contribution in [0.1, 0.15) is 24.3 Å². The van der Waals surface area contributed by atoms with E-state index >= 15 is 0 Å². The average molecular weight is 340 g/mol. The fourth-order valence-electron chi connectivity index (χ4n) is 3.40. The SMILES string of the molecule is CN(CN1C[C@@H](c2cccc(F)c2)CC1=O)[C@H]1CCS(=O)(=O)C1. The van der Waals surface area contributed by atoms with Crippen molar-refractivity contribution < 1.29 is 17.6 Å². The van der Waals surface area contributed by atoms with Crippen molar-refractivity contribution >= 4 is 15.7 Å². The van der Waals surface area contributed by atoms with Crippen LogP contribution in [0, 0.1) is 5.82 Å². The Morgan fingerprint density at radius 3 is 2.83 bits per heavy atom. The highest BCUT2D eigenvalue weighted by molar-refractivity contribution is 7.91. The second kappa shape index (κ2) is 6.20. The van der Waals surface area contributed by atoms with Gasteiger partial charge in [-0.25, -0.2) is 12.8 Å². The molecule has 2 heterocycles. The van der Waals surface area contributed by atoms with Crippen molar-refractivity contribution in [2.45, 2.75) is 24.8 Å². The Kier molecular flexibility index (Phi) is 4.42. The molecule has 7 heteroatoms. The van der Waals surface area contributed by atoms with E-state index in [1.165, 1.54) is 12.1 Å². The molecule has 0 aliphatic carbocycles. The van der Waals surface area contributed by atoms with Crippen LogP contribution >= 0.6 is 0 Å². The van der Waals surface area contributed by atoms with Gasteiger partial charge in [-0.1, -0.05) is 12.1 Å². The molecule has 0 saturated carbocycles. The summed E-state index contributed by atoms with van der Waals surface area (Å²) in [7, 11) is -1.08. The molecule has 1 aromatic rings. The number of likely N-dealkylation sites (tertiary alicyclic amines) is 1. The summed E-state index contributed by atoms with van der Waals surface area (Å²) in [4.78, 5) is 15.9. The van der Waals surface area contributed by atoms with Crippen LogP contribution < -0.4 is 0 Å². The van der Waals surface area contributed by atoms with Crippen LogP contribution in [0.25, 0.3) is 0 Å². The summed E-state index contributed by atoms with van der Waals surface area (Å²) in [5, 5.41) is 0. The summed E-state index contributed by atoms with van der Waals surface area (Å²) in [6, 6.07) is 6.35. The lowest BCUT2D eigenvalue weighted by Gasteiger charge is -2.28. The van der Waals surface area contributed by atoms with E-state index in [0.29, 0.717) is 26.1 Å². The number of carbonyl (C=O) groups is 1. The summed E-state index contributed by atoms with van der Waals surface area (Å²) in [6.45, 7) is 0.969. The molecule has 1 amide bonds. The van der Waals surface area contributed by atoms with Gasteiger partial charge in [0.15, 0.2) is 9.84 Å². The molecule has 2 aliphatic heterocycles. The fraction of sp³-hybridized carbons (Fsp3) is 0.562. The van der Waals surface area contributed by atoms with E-state index in [0.717, 1.165) is 5.56 Å². The maximum Gasteiger partial charge on any atom is 0.224 e. The lowest BCUT2D eigenvalue weighted by Crippen LogP contribution is -2.42. The van der Waals surface area contributed by atoms with Crippen LogP contribution in [0.5, 0.6) is 0 Å². The zero-order chi connectivity index (χ0) is 16.6. The normalized spacial score (nSPS) is 27.1. The summed E-state index contributed by atoms with van der Waals surface area (Å²) < 4.78 is 36.5. The molecule has 3 rings (SSSR count). The van der Waals surface area contributed by atoms with Gasteiger partial charge < -0.3 is 4.90 Å². The molecule has 2 aliphatic rings. The number of amides is 1. The number of carbonyl (C=O) groups excluding carboxylic acids is 1. The Bertz CT molecular complexity index is 707. The van der Waals surface area contributed by atoms with Gasteiger partial charge in [0.25, 0.3) is 0 Å². The molecule has 2 fully saturated rings. The molecule has 0 unspecified atom stereocenters. The molecule has 0 bridgehead atoms. The van der Waals surface area contributed by atoms with E-state index in [1.54, 1.807) is 11.0 Å². The topological polar surface area (TPSA) is 57.7 Å². The van der Waals surface area contributed by atoms with Gasteiger partial charge in [0.05, 0.1) is 18.2 Å². The lowest BCUT2D eigenvalue weighted by molar-refractivity contribution is -0.129. The van der Waals surface area contributed by atoms with Crippen molar-refractivity contribution in [3.8, 4) is 0 Å². The van der Waals surface area contributed by atoms with Crippen molar-refractivity contribution in [2.24, 2.45) is 0 Å². The van der Waals surface area contributed by atoms with Gasteiger partial charge in [0, 0.05) is 24.9 Å². The van der Waals surface area contributed by atoms with Crippen molar-refractivity contribution in [1.82, 2.24) is 9.80 Å². The molecule has 2 saturated heterocycles. The van der Waals surface area contributed by atoms with Gasteiger partial charge >= 0.3 is 0 Å². The Morgan fingerprint density at radius 1 is 1.39 bits per heavy atom. The van der Waals surface area contributed by atoms with Crippen LogP contribution in [-0.4, -0.2) is 61.9 Å². The summed E-state index contributed by atoms with van der Waals surface area (Å²) in [5.41, 5.74) is 0.840. The first kappa shape index (κ1) is 16.4. The first-order valence-corrected chi connectivity index (χ1v) is 9.60. The molecule has 1 aromatic carbocycles.